The number of anilines is 1. The summed E-state index contributed by atoms with van der Waals surface area (Å²) in [5, 5.41) is 4.76. The van der Waals surface area contributed by atoms with E-state index in [1.165, 1.54) is 15.6 Å². The zero-order chi connectivity index (χ0) is 22.7. The summed E-state index contributed by atoms with van der Waals surface area (Å²) in [6, 6.07) is 9.47. The molecule has 4 rings (SSSR count). The topological polar surface area (TPSA) is 79.0 Å². The number of benzene rings is 1. The Morgan fingerprint density at radius 1 is 1.09 bits per heavy atom. The molecule has 1 saturated heterocycles. The number of methoxy groups -OCH3 is 1. The largest absolute Gasteiger partial charge is 0.497 e. The Hall–Kier alpha value is -2.10. The van der Waals surface area contributed by atoms with E-state index in [2.05, 4.69) is 17.1 Å². The maximum Gasteiger partial charge on any atom is 0.262 e. The van der Waals surface area contributed by atoms with Crippen molar-refractivity contribution in [3.63, 3.8) is 0 Å². The zero-order valence-corrected chi connectivity index (χ0v) is 20.3. The smallest absolute Gasteiger partial charge is 0.262 e. The van der Waals surface area contributed by atoms with Crippen LogP contribution in [0.15, 0.2) is 40.6 Å². The SMILES string of the molecule is COc1cccc(N2CCN(S(=O)(=O)c3ccsc3C(=O)NC3CCC(C)CC3)CC2)c1. The van der Waals surface area contributed by atoms with Crippen LogP contribution in [0.2, 0.25) is 0 Å². The normalized spacial score (nSPS) is 22.5. The minimum atomic E-state index is -3.73. The predicted octanol–water partition coefficient (Wildman–Crippen LogP) is 3.58. The molecule has 2 aliphatic rings. The number of carbonyl (C=O) groups is 1. The molecule has 1 aliphatic heterocycles. The third-order valence-corrected chi connectivity index (χ3v) is 9.44. The molecule has 32 heavy (non-hydrogen) atoms. The molecule has 2 aromatic rings. The lowest BCUT2D eigenvalue weighted by molar-refractivity contribution is 0.0924. The molecule has 7 nitrogen and oxygen atoms in total. The number of thiophene rings is 1. The van der Waals surface area contributed by atoms with E-state index >= 15 is 0 Å². The van der Waals surface area contributed by atoms with Gasteiger partial charge in [0.1, 0.15) is 15.5 Å². The first-order chi connectivity index (χ1) is 15.4. The monoisotopic (exact) mass is 477 g/mol. The summed E-state index contributed by atoms with van der Waals surface area (Å²) in [6.45, 7) is 4.14. The van der Waals surface area contributed by atoms with Crippen LogP contribution in [0.4, 0.5) is 5.69 Å². The summed E-state index contributed by atoms with van der Waals surface area (Å²) in [7, 11) is -2.10. The van der Waals surface area contributed by atoms with Crippen molar-refractivity contribution in [2.45, 2.75) is 43.5 Å². The minimum absolute atomic E-state index is 0.124. The van der Waals surface area contributed by atoms with Gasteiger partial charge in [-0.1, -0.05) is 13.0 Å². The van der Waals surface area contributed by atoms with Crippen molar-refractivity contribution in [1.29, 1.82) is 0 Å². The van der Waals surface area contributed by atoms with E-state index in [4.69, 9.17) is 4.74 Å². The molecular weight excluding hydrogens is 446 g/mol. The van der Waals surface area contributed by atoms with Crippen LogP contribution in [0, 0.1) is 5.92 Å². The molecule has 1 aromatic heterocycles. The van der Waals surface area contributed by atoms with Crippen molar-refractivity contribution in [3.8, 4) is 5.75 Å². The highest BCUT2D eigenvalue weighted by atomic mass is 32.2. The maximum atomic E-state index is 13.4. The van der Waals surface area contributed by atoms with Gasteiger partial charge in [-0.25, -0.2) is 8.42 Å². The fourth-order valence-corrected chi connectivity index (χ4v) is 7.18. The molecule has 1 N–H and O–H groups in total. The van der Waals surface area contributed by atoms with Crippen LogP contribution in [-0.2, 0) is 10.0 Å². The van der Waals surface area contributed by atoms with Crippen molar-refractivity contribution in [2.24, 2.45) is 5.92 Å². The van der Waals surface area contributed by atoms with Gasteiger partial charge < -0.3 is 15.0 Å². The molecule has 1 saturated carbocycles. The van der Waals surface area contributed by atoms with E-state index in [9.17, 15) is 13.2 Å². The third-order valence-electron chi connectivity index (χ3n) is 6.46. The Morgan fingerprint density at radius 3 is 2.50 bits per heavy atom. The summed E-state index contributed by atoms with van der Waals surface area (Å²) in [5.41, 5.74) is 1.01. The first-order valence-corrected chi connectivity index (χ1v) is 13.5. The van der Waals surface area contributed by atoms with E-state index in [0.717, 1.165) is 37.1 Å². The van der Waals surface area contributed by atoms with E-state index < -0.39 is 10.0 Å². The second kappa shape index (κ2) is 9.80. The average molecular weight is 478 g/mol. The summed E-state index contributed by atoms with van der Waals surface area (Å²) >= 11 is 1.20. The van der Waals surface area contributed by atoms with Crippen LogP contribution in [-0.4, -0.2) is 58.0 Å². The third kappa shape index (κ3) is 4.94. The van der Waals surface area contributed by atoms with E-state index in [0.29, 0.717) is 37.0 Å². The van der Waals surface area contributed by atoms with Gasteiger partial charge in [0.2, 0.25) is 10.0 Å². The van der Waals surface area contributed by atoms with Crippen LogP contribution >= 0.6 is 11.3 Å². The Kier molecular flexibility index (Phi) is 7.07. The second-order valence-corrected chi connectivity index (χ2v) is 11.5. The lowest BCUT2D eigenvalue weighted by Gasteiger charge is -2.35. The predicted molar refractivity (Wildman–Crippen MR) is 127 cm³/mol. The molecule has 0 radical (unpaired) electrons. The molecule has 1 amide bonds. The molecule has 2 heterocycles. The number of rotatable bonds is 6. The molecule has 9 heteroatoms. The van der Waals surface area contributed by atoms with Gasteiger partial charge in [-0.2, -0.15) is 4.31 Å². The van der Waals surface area contributed by atoms with E-state index in [1.807, 2.05) is 24.3 Å². The number of ether oxygens (including phenoxy) is 1. The van der Waals surface area contributed by atoms with Gasteiger partial charge in [0, 0.05) is 44.0 Å². The summed E-state index contributed by atoms with van der Waals surface area (Å²) in [5.74, 6) is 1.20. The number of hydrogen-bond donors (Lipinski definition) is 1. The number of piperazine rings is 1. The number of carbonyl (C=O) groups excluding carboxylic acids is 1. The van der Waals surface area contributed by atoms with Crippen LogP contribution in [0.3, 0.4) is 0 Å². The van der Waals surface area contributed by atoms with Gasteiger partial charge in [0.25, 0.3) is 5.91 Å². The van der Waals surface area contributed by atoms with Crippen molar-refractivity contribution in [2.75, 3.05) is 38.2 Å². The molecule has 1 aliphatic carbocycles. The molecule has 1 aromatic carbocycles. The van der Waals surface area contributed by atoms with Crippen molar-refractivity contribution < 1.29 is 17.9 Å². The molecule has 0 unspecified atom stereocenters. The number of hydrogen-bond acceptors (Lipinski definition) is 6. The highest BCUT2D eigenvalue weighted by Gasteiger charge is 2.33. The maximum absolute atomic E-state index is 13.4. The highest BCUT2D eigenvalue weighted by molar-refractivity contribution is 7.89. The summed E-state index contributed by atoms with van der Waals surface area (Å²) in [4.78, 5) is 15.5. The number of nitrogens with zero attached hydrogens (tertiary/aromatic N) is 2. The first-order valence-electron chi connectivity index (χ1n) is 11.2. The van der Waals surface area contributed by atoms with E-state index in [-0.39, 0.29) is 16.8 Å². The van der Waals surface area contributed by atoms with Gasteiger partial charge in [0.05, 0.1) is 7.11 Å². The van der Waals surface area contributed by atoms with Crippen LogP contribution in [0.25, 0.3) is 0 Å². The Morgan fingerprint density at radius 2 is 1.81 bits per heavy atom. The van der Waals surface area contributed by atoms with Crippen LogP contribution < -0.4 is 15.0 Å². The molecule has 0 atom stereocenters. The van der Waals surface area contributed by atoms with E-state index in [1.54, 1.807) is 18.6 Å². The lowest BCUT2D eigenvalue weighted by atomic mass is 9.87. The number of nitrogens with one attached hydrogen (secondary N) is 1. The Balaban J connectivity index is 1.42. The van der Waals surface area contributed by atoms with Gasteiger partial charge in [-0.3, -0.25) is 4.79 Å². The molecular formula is C23H31N3O4S2. The fraction of sp³-hybridized carbons (Fsp3) is 0.522. The van der Waals surface area contributed by atoms with Crippen molar-refractivity contribution in [3.05, 3.63) is 40.6 Å². The van der Waals surface area contributed by atoms with Crippen molar-refractivity contribution >= 4 is 33.0 Å². The van der Waals surface area contributed by atoms with Crippen LogP contribution in [0.5, 0.6) is 5.75 Å². The highest BCUT2D eigenvalue weighted by Crippen LogP contribution is 2.29. The van der Waals surface area contributed by atoms with Crippen molar-refractivity contribution in [1.82, 2.24) is 9.62 Å². The zero-order valence-electron chi connectivity index (χ0n) is 18.6. The second-order valence-electron chi connectivity index (χ2n) is 8.64. The quantitative estimate of drug-likeness (QED) is 0.688. The Bertz CT molecular complexity index is 1040. The average Bonchev–Trinajstić information content (AvgIpc) is 3.32. The molecule has 174 valence electrons. The van der Waals surface area contributed by atoms with Gasteiger partial charge in [-0.15, -0.1) is 11.3 Å². The first kappa shape index (κ1) is 23.1. The number of sulfonamides is 1. The van der Waals surface area contributed by atoms with Gasteiger partial charge in [0.15, 0.2) is 0 Å². The van der Waals surface area contributed by atoms with Gasteiger partial charge >= 0.3 is 0 Å². The standard InChI is InChI=1S/C23H31N3O4S2/c1-17-6-8-18(9-7-17)24-23(27)22-21(10-15-31-22)32(28,29)26-13-11-25(12-14-26)19-4-3-5-20(16-19)30-2/h3-5,10,15-18H,6-9,11-14H2,1-2H3,(H,24,27). The minimum Gasteiger partial charge on any atom is -0.497 e. The fourth-order valence-electron chi connectivity index (χ4n) is 4.45. The molecule has 2 fully saturated rings. The summed E-state index contributed by atoms with van der Waals surface area (Å²) in [6.07, 6.45) is 4.09. The Labute approximate surface area is 194 Å². The summed E-state index contributed by atoms with van der Waals surface area (Å²) < 4.78 is 33.5. The number of amides is 1. The van der Waals surface area contributed by atoms with Gasteiger partial charge in [-0.05, 0) is 55.2 Å². The van der Waals surface area contributed by atoms with Crippen LogP contribution in [0.1, 0.15) is 42.3 Å². The molecule has 0 spiro atoms. The lowest BCUT2D eigenvalue weighted by Crippen LogP contribution is -2.49. The molecule has 0 bridgehead atoms.